The first-order chi connectivity index (χ1) is 15.6. The second kappa shape index (κ2) is 8.52. The van der Waals surface area contributed by atoms with Crippen molar-refractivity contribution in [3.05, 3.63) is 64.9 Å². The minimum Gasteiger partial charge on any atom is -0.390 e. The predicted molar refractivity (Wildman–Crippen MR) is 132 cm³/mol. The van der Waals surface area contributed by atoms with Gasteiger partial charge in [0.15, 0.2) is 0 Å². The van der Waals surface area contributed by atoms with E-state index in [2.05, 4.69) is 10.3 Å². The van der Waals surface area contributed by atoms with Crippen LogP contribution in [0.5, 0.6) is 0 Å². The van der Waals surface area contributed by atoms with E-state index in [0.29, 0.717) is 12.0 Å². The number of carbonyl (C=O) groups excluding carboxylic acids is 2. The maximum absolute atomic E-state index is 12.2. The number of aliphatic hydroxyl groups is 1. The van der Waals surface area contributed by atoms with Crippen molar-refractivity contribution in [2.24, 2.45) is 11.7 Å². The van der Waals surface area contributed by atoms with E-state index in [1.807, 2.05) is 45.0 Å². The molecule has 3 aromatic rings. The zero-order valence-electron chi connectivity index (χ0n) is 19.6. The van der Waals surface area contributed by atoms with Gasteiger partial charge < -0.3 is 21.1 Å². The van der Waals surface area contributed by atoms with Gasteiger partial charge in [-0.1, -0.05) is 24.3 Å². The number of nitrogens with one attached hydrogen (secondary N) is 2. The summed E-state index contributed by atoms with van der Waals surface area (Å²) >= 11 is 0. The van der Waals surface area contributed by atoms with Crippen molar-refractivity contribution in [3.8, 4) is 11.1 Å². The van der Waals surface area contributed by atoms with Crippen LogP contribution in [0.4, 0.5) is 5.69 Å². The molecule has 0 fully saturated rings. The topological polar surface area (TPSA) is 108 Å². The molecular formula is C27H31N3O3. The number of hydrogen-bond donors (Lipinski definition) is 4. The fourth-order valence-electron chi connectivity index (χ4n) is 4.96. The fourth-order valence-corrected chi connectivity index (χ4v) is 4.96. The van der Waals surface area contributed by atoms with E-state index < -0.39 is 11.5 Å². The highest BCUT2D eigenvalue weighted by molar-refractivity contribution is 6.11. The highest BCUT2D eigenvalue weighted by Gasteiger charge is 2.33. The van der Waals surface area contributed by atoms with E-state index in [-0.39, 0.29) is 11.8 Å². The van der Waals surface area contributed by atoms with Crippen molar-refractivity contribution in [2.45, 2.75) is 52.6 Å². The zero-order valence-corrected chi connectivity index (χ0v) is 19.6. The molecule has 1 aromatic heterocycles. The smallest absolute Gasteiger partial charge is 0.250 e. The first kappa shape index (κ1) is 22.8. The Labute approximate surface area is 193 Å². The second-order valence-corrected chi connectivity index (χ2v) is 9.42. The van der Waals surface area contributed by atoms with Gasteiger partial charge in [0, 0.05) is 16.8 Å². The summed E-state index contributed by atoms with van der Waals surface area (Å²) in [4.78, 5) is 27.8. The summed E-state index contributed by atoms with van der Waals surface area (Å²) in [6.45, 7) is 7.49. The first-order valence-electron chi connectivity index (χ1n) is 11.3. The third kappa shape index (κ3) is 4.18. The Balaban J connectivity index is 1.90. The number of aryl methyl sites for hydroxylation is 1. The Bertz CT molecular complexity index is 1280. The van der Waals surface area contributed by atoms with Gasteiger partial charge in [0.1, 0.15) is 0 Å². The molecule has 0 radical (unpaired) electrons. The number of anilines is 1. The van der Waals surface area contributed by atoms with Crippen LogP contribution in [-0.2, 0) is 17.6 Å². The summed E-state index contributed by atoms with van der Waals surface area (Å²) in [5.41, 5.74) is 12.0. The normalized spacial score (nSPS) is 16.2. The predicted octanol–water partition coefficient (Wildman–Crippen LogP) is 4.63. The number of H-pyrrole nitrogens is 1. The van der Waals surface area contributed by atoms with Gasteiger partial charge >= 0.3 is 0 Å². The minimum atomic E-state index is -0.777. The number of carbonyl (C=O) groups is 2. The first-order valence-corrected chi connectivity index (χ1v) is 11.3. The number of primary amides is 1. The lowest BCUT2D eigenvalue weighted by atomic mass is 9.77. The summed E-state index contributed by atoms with van der Waals surface area (Å²) in [5, 5.41) is 14.5. The van der Waals surface area contributed by atoms with Crippen LogP contribution in [0.1, 0.15) is 54.4 Å². The van der Waals surface area contributed by atoms with E-state index in [0.717, 1.165) is 51.8 Å². The van der Waals surface area contributed by atoms with Crippen LogP contribution in [0, 0.1) is 12.8 Å². The molecular weight excluding hydrogens is 414 g/mol. The van der Waals surface area contributed by atoms with Crippen molar-refractivity contribution >= 4 is 28.4 Å². The Morgan fingerprint density at radius 3 is 2.64 bits per heavy atom. The van der Waals surface area contributed by atoms with Crippen LogP contribution in [0.15, 0.2) is 42.5 Å². The van der Waals surface area contributed by atoms with Crippen LogP contribution < -0.4 is 11.1 Å². The van der Waals surface area contributed by atoms with Gasteiger partial charge in [-0.05, 0) is 93.3 Å². The van der Waals surface area contributed by atoms with Crippen molar-refractivity contribution < 1.29 is 14.7 Å². The Kier molecular flexibility index (Phi) is 5.89. The minimum absolute atomic E-state index is 0.130. The van der Waals surface area contributed by atoms with Gasteiger partial charge in [0.05, 0.1) is 16.7 Å². The number of hydrogen-bond acceptors (Lipinski definition) is 3. The van der Waals surface area contributed by atoms with Crippen molar-refractivity contribution in [1.29, 1.82) is 0 Å². The number of aromatic amines is 1. The molecule has 0 bridgehead atoms. The van der Waals surface area contributed by atoms with Crippen molar-refractivity contribution in [1.82, 2.24) is 4.98 Å². The Morgan fingerprint density at radius 1 is 1.21 bits per heavy atom. The highest BCUT2D eigenvalue weighted by Crippen LogP contribution is 2.42. The number of rotatable bonds is 5. The molecule has 2 amide bonds. The molecule has 6 nitrogen and oxygen atoms in total. The molecule has 33 heavy (non-hydrogen) atoms. The number of amides is 2. The Hall–Kier alpha value is -3.38. The molecule has 6 heteroatoms. The van der Waals surface area contributed by atoms with Crippen molar-refractivity contribution in [3.63, 3.8) is 0 Å². The summed E-state index contributed by atoms with van der Waals surface area (Å²) in [7, 11) is 0. The monoisotopic (exact) mass is 445 g/mol. The van der Waals surface area contributed by atoms with Gasteiger partial charge in [-0.25, -0.2) is 0 Å². The van der Waals surface area contributed by atoms with E-state index in [1.165, 1.54) is 11.6 Å². The van der Waals surface area contributed by atoms with Gasteiger partial charge in [-0.2, -0.15) is 0 Å². The molecule has 4 rings (SSSR count). The molecule has 1 heterocycles. The van der Waals surface area contributed by atoms with Crippen molar-refractivity contribution in [2.75, 3.05) is 5.32 Å². The van der Waals surface area contributed by atoms with E-state index in [4.69, 9.17) is 5.73 Å². The summed E-state index contributed by atoms with van der Waals surface area (Å²) in [6.07, 6.45) is 5.57. The lowest BCUT2D eigenvalue weighted by molar-refractivity contribution is -0.111. The molecule has 0 saturated carbocycles. The van der Waals surface area contributed by atoms with E-state index in [9.17, 15) is 14.7 Å². The van der Waals surface area contributed by atoms with Crippen LogP contribution in [-0.4, -0.2) is 27.5 Å². The quantitative estimate of drug-likeness (QED) is 0.430. The molecule has 0 saturated heterocycles. The number of allylic oxidation sites excluding steroid dienone is 1. The molecule has 172 valence electrons. The number of fused-ring (bicyclic) bond motifs is 3. The summed E-state index contributed by atoms with van der Waals surface area (Å²) < 4.78 is 0. The molecule has 1 atom stereocenters. The van der Waals surface area contributed by atoms with E-state index >= 15 is 0 Å². The van der Waals surface area contributed by atoms with Gasteiger partial charge in [0.2, 0.25) is 5.91 Å². The number of aromatic nitrogens is 1. The second-order valence-electron chi connectivity index (χ2n) is 9.42. The average Bonchev–Trinajstić information content (AvgIpc) is 3.13. The van der Waals surface area contributed by atoms with E-state index in [1.54, 1.807) is 19.1 Å². The lowest BCUT2D eigenvalue weighted by Crippen LogP contribution is -2.34. The molecule has 0 aliphatic heterocycles. The van der Waals surface area contributed by atoms with Gasteiger partial charge in [-0.3, -0.25) is 9.59 Å². The fraction of sp³-hybridized carbons (Fsp3) is 0.333. The summed E-state index contributed by atoms with van der Waals surface area (Å²) in [5.74, 6) is -0.526. The third-order valence-electron chi connectivity index (χ3n) is 6.81. The molecule has 2 aromatic carbocycles. The standard InChI is InChI=1S/C27H31N3O3/c1-5-7-23(31)29-21-9-6-8-17(15(21)2)18-12-13-20(26(28)32)25-24(18)19-11-10-16(27(3,4)33)14-22(19)30-25/h5-9,12-13,16,30,33H,10-11,14H2,1-4H3,(H2,28,32)(H,29,31)/b7-5+. The SMILES string of the molecule is C/C=C/C(=O)Nc1cccc(-c2ccc(C(N)=O)c3[nH]c4c(c23)CCC(C(C)(C)O)C4)c1C. The van der Waals surface area contributed by atoms with Gasteiger partial charge in [0.25, 0.3) is 5.91 Å². The molecule has 0 spiro atoms. The zero-order chi connectivity index (χ0) is 23.9. The Morgan fingerprint density at radius 2 is 1.97 bits per heavy atom. The van der Waals surface area contributed by atoms with Crippen LogP contribution >= 0.6 is 0 Å². The van der Waals surface area contributed by atoms with Crippen LogP contribution in [0.25, 0.3) is 22.0 Å². The maximum atomic E-state index is 12.2. The summed E-state index contributed by atoms with van der Waals surface area (Å²) in [6, 6.07) is 9.54. The number of nitrogens with two attached hydrogens (primary N) is 1. The van der Waals surface area contributed by atoms with Crippen LogP contribution in [0.2, 0.25) is 0 Å². The maximum Gasteiger partial charge on any atom is 0.250 e. The van der Waals surface area contributed by atoms with Gasteiger partial charge in [-0.15, -0.1) is 0 Å². The molecule has 5 N–H and O–H groups in total. The van der Waals surface area contributed by atoms with Crippen LogP contribution in [0.3, 0.4) is 0 Å². The molecule has 1 aliphatic carbocycles. The largest absolute Gasteiger partial charge is 0.390 e. The molecule has 1 unspecified atom stereocenters. The molecule has 1 aliphatic rings. The average molecular weight is 446 g/mol. The highest BCUT2D eigenvalue weighted by atomic mass is 16.3. The number of benzene rings is 2. The third-order valence-corrected chi connectivity index (χ3v) is 6.81. The lowest BCUT2D eigenvalue weighted by Gasteiger charge is -2.32.